The summed E-state index contributed by atoms with van der Waals surface area (Å²) < 4.78 is 5.77. The number of piperidine rings is 1. The largest absolute Gasteiger partial charge is 0.481 e. The van der Waals surface area contributed by atoms with Gasteiger partial charge in [-0.1, -0.05) is 6.66 Å². The van der Waals surface area contributed by atoms with Gasteiger partial charge in [0.25, 0.3) is 0 Å². The van der Waals surface area contributed by atoms with Crippen molar-refractivity contribution >= 4 is 20.6 Å². The normalized spacial score (nSPS) is 17.0. The lowest BCUT2D eigenvalue weighted by molar-refractivity contribution is 0.168. The lowest BCUT2D eigenvalue weighted by atomic mass is 10.1. The molecule has 2 heterocycles. The fourth-order valence-corrected chi connectivity index (χ4v) is 2.05. The first-order valence-corrected chi connectivity index (χ1v) is 6.97. The summed E-state index contributed by atoms with van der Waals surface area (Å²) >= 11 is 1.67. The van der Waals surface area contributed by atoms with Crippen molar-refractivity contribution < 1.29 is 4.74 Å². The molecule has 0 spiro atoms. The van der Waals surface area contributed by atoms with Crippen LogP contribution in [0.2, 0.25) is 0 Å². The van der Waals surface area contributed by atoms with Gasteiger partial charge in [0, 0.05) is 0 Å². The van der Waals surface area contributed by atoms with Crippen molar-refractivity contribution in [1.29, 1.82) is 0 Å². The second-order valence-corrected chi connectivity index (χ2v) is 3.91. The van der Waals surface area contributed by atoms with Crippen LogP contribution < -0.4 is 10.1 Å². The Morgan fingerprint density at radius 1 is 1.43 bits per heavy atom. The van der Waals surface area contributed by atoms with E-state index in [0.717, 1.165) is 31.0 Å². The van der Waals surface area contributed by atoms with Crippen molar-refractivity contribution in [3.05, 3.63) is 17.5 Å². The van der Waals surface area contributed by atoms with Gasteiger partial charge in [-0.25, -0.2) is 0 Å². The van der Waals surface area contributed by atoms with Gasteiger partial charge in [0.2, 0.25) is 0 Å². The van der Waals surface area contributed by atoms with Gasteiger partial charge in [-0.3, -0.25) is 0 Å². The maximum Gasteiger partial charge on any atom is 0.174 e. The highest BCUT2D eigenvalue weighted by Crippen LogP contribution is 2.21. The number of thiophene rings is 1. The molecule has 2 rings (SSSR count). The summed E-state index contributed by atoms with van der Waals surface area (Å²) in [6.45, 7) is 4.10. The van der Waals surface area contributed by atoms with Crippen LogP contribution >= 0.6 is 20.6 Å². The van der Waals surface area contributed by atoms with Gasteiger partial charge in [0.15, 0.2) is 5.06 Å². The molecule has 4 heteroatoms. The van der Waals surface area contributed by atoms with Gasteiger partial charge in [0.05, 0.1) is 0 Å². The molecule has 1 fully saturated rings. The molecule has 1 aromatic heterocycles. The summed E-state index contributed by atoms with van der Waals surface area (Å²) in [4.78, 5) is 0. The minimum absolute atomic E-state index is 0.435. The summed E-state index contributed by atoms with van der Waals surface area (Å²) in [6, 6.07) is 4.06. The second-order valence-electron chi connectivity index (χ2n) is 3.00. The quantitative estimate of drug-likeness (QED) is 0.789. The van der Waals surface area contributed by atoms with Gasteiger partial charge in [-0.2, -0.15) is 0 Å². The van der Waals surface area contributed by atoms with E-state index >= 15 is 0 Å². The van der Waals surface area contributed by atoms with Crippen LogP contribution in [0.4, 0.5) is 0 Å². The molecular weight excluding hydrogens is 213 g/mol. The molecule has 2 nitrogen and oxygen atoms in total. The van der Waals surface area contributed by atoms with Crippen LogP contribution in [0.3, 0.4) is 0 Å². The van der Waals surface area contributed by atoms with Crippen molar-refractivity contribution in [3.63, 3.8) is 0 Å². The Bertz CT molecular complexity index is 222. The molecule has 1 atom stereocenters. The minimum Gasteiger partial charge on any atom is -0.481 e. The van der Waals surface area contributed by atoms with Crippen LogP contribution in [0.25, 0.3) is 0 Å². The molecule has 1 aliphatic rings. The van der Waals surface area contributed by atoms with Gasteiger partial charge in [-0.15, -0.1) is 20.6 Å². The molecule has 80 valence electrons. The Balaban J connectivity index is 0.000000461. The fourth-order valence-electron chi connectivity index (χ4n) is 1.41. The first kappa shape index (κ1) is 12.0. The topological polar surface area (TPSA) is 21.3 Å². The molecule has 0 aromatic carbocycles. The molecule has 14 heavy (non-hydrogen) atoms. The molecule has 1 unspecified atom stereocenters. The van der Waals surface area contributed by atoms with Crippen molar-refractivity contribution in [1.82, 2.24) is 5.32 Å². The average molecular weight is 231 g/mol. The van der Waals surface area contributed by atoms with Gasteiger partial charge < -0.3 is 10.1 Å². The maximum absolute atomic E-state index is 5.77. The smallest absolute Gasteiger partial charge is 0.174 e. The maximum atomic E-state index is 5.77. The number of hydrogen-bond donors (Lipinski definition) is 1. The zero-order valence-electron chi connectivity index (χ0n) is 8.53. The Morgan fingerprint density at radius 3 is 2.71 bits per heavy atom. The molecule has 1 aliphatic heterocycles. The number of hydrogen-bond acceptors (Lipinski definition) is 3. The van der Waals surface area contributed by atoms with Crippen LogP contribution in [0.5, 0.6) is 5.06 Å². The van der Waals surface area contributed by atoms with E-state index in [0.29, 0.717) is 6.10 Å². The average Bonchev–Trinajstić information content (AvgIpc) is 2.75. The third kappa shape index (κ3) is 3.95. The Kier molecular flexibility index (Phi) is 6.17. The first-order valence-electron chi connectivity index (χ1n) is 4.94. The minimum atomic E-state index is 0.435. The lowest BCUT2D eigenvalue weighted by Gasteiger charge is -2.22. The number of nitrogens with one attached hydrogen (secondary N) is 1. The summed E-state index contributed by atoms with van der Waals surface area (Å²) in [6.07, 6.45) is 2.71. The third-order valence-corrected chi connectivity index (χ3v) is 2.82. The zero-order valence-corrected chi connectivity index (χ0v) is 10.5. The molecule has 0 aliphatic carbocycles. The summed E-state index contributed by atoms with van der Waals surface area (Å²) in [7, 11) is 2.42. The van der Waals surface area contributed by atoms with Crippen LogP contribution in [0, 0.1) is 0 Å². The Hall–Kier alpha value is -0.110. The van der Waals surface area contributed by atoms with E-state index in [1.807, 2.05) is 18.8 Å². The highest BCUT2D eigenvalue weighted by atomic mass is 32.1. The van der Waals surface area contributed by atoms with E-state index in [1.165, 1.54) is 0 Å². The third-order valence-electron chi connectivity index (χ3n) is 2.06. The summed E-state index contributed by atoms with van der Waals surface area (Å²) in [5.74, 6) is 0. The van der Waals surface area contributed by atoms with Crippen molar-refractivity contribution in [2.45, 2.75) is 18.9 Å². The molecule has 0 bridgehead atoms. The molecule has 1 N–H and O–H groups in total. The van der Waals surface area contributed by atoms with E-state index < -0.39 is 0 Å². The first-order chi connectivity index (χ1) is 6.95. The van der Waals surface area contributed by atoms with Crippen molar-refractivity contribution in [3.8, 4) is 5.06 Å². The van der Waals surface area contributed by atoms with E-state index in [1.54, 1.807) is 11.3 Å². The Morgan fingerprint density at radius 2 is 2.14 bits per heavy atom. The molecule has 1 saturated heterocycles. The van der Waals surface area contributed by atoms with Crippen LogP contribution in [-0.4, -0.2) is 25.9 Å². The van der Waals surface area contributed by atoms with Crippen LogP contribution in [0.15, 0.2) is 17.5 Å². The Labute approximate surface area is 92.3 Å². The predicted molar refractivity (Wildman–Crippen MR) is 66.5 cm³/mol. The standard InChI is InChI=1S/C9H13NOS.CH5P/c1-2-9(12-7-1)11-8-3-5-10-6-4-8;1-2/h1-2,7-8,10H,3-6H2;2H2,1H3. The molecule has 0 radical (unpaired) electrons. The molecule has 1 aromatic rings. The van der Waals surface area contributed by atoms with E-state index in [2.05, 4.69) is 19.9 Å². The summed E-state index contributed by atoms with van der Waals surface area (Å²) in [5.41, 5.74) is 0. The van der Waals surface area contributed by atoms with Gasteiger partial charge >= 0.3 is 0 Å². The predicted octanol–water partition coefficient (Wildman–Crippen LogP) is 2.37. The molecule has 0 amide bonds. The number of ether oxygens (including phenoxy) is 1. The SMILES string of the molecule is CP.c1csc(OC2CCNCC2)c1. The molecular formula is C10H18NOPS. The second kappa shape index (κ2) is 7.22. The number of rotatable bonds is 2. The zero-order chi connectivity index (χ0) is 10.2. The summed E-state index contributed by atoms with van der Waals surface area (Å²) in [5, 5.41) is 6.43. The highest BCUT2D eigenvalue weighted by Gasteiger charge is 2.14. The van der Waals surface area contributed by atoms with Crippen LogP contribution in [0.1, 0.15) is 12.8 Å². The van der Waals surface area contributed by atoms with E-state index in [-0.39, 0.29) is 0 Å². The van der Waals surface area contributed by atoms with E-state index in [4.69, 9.17) is 4.74 Å². The van der Waals surface area contributed by atoms with Crippen molar-refractivity contribution in [2.75, 3.05) is 19.8 Å². The highest BCUT2D eigenvalue weighted by molar-refractivity contribution is 7.15. The van der Waals surface area contributed by atoms with E-state index in [9.17, 15) is 0 Å². The van der Waals surface area contributed by atoms with Crippen molar-refractivity contribution in [2.24, 2.45) is 0 Å². The monoisotopic (exact) mass is 231 g/mol. The van der Waals surface area contributed by atoms with Gasteiger partial charge in [0.1, 0.15) is 6.10 Å². The van der Waals surface area contributed by atoms with Crippen LogP contribution in [-0.2, 0) is 0 Å². The van der Waals surface area contributed by atoms with Gasteiger partial charge in [-0.05, 0) is 43.4 Å². The fraction of sp³-hybridized carbons (Fsp3) is 0.600. The lowest BCUT2D eigenvalue weighted by Crippen LogP contribution is -2.33. The molecule has 0 saturated carbocycles.